The number of rotatable bonds is 6. The van der Waals surface area contributed by atoms with E-state index in [1.54, 1.807) is 20.4 Å². The number of pyridine rings is 1. The lowest BCUT2D eigenvalue weighted by molar-refractivity contribution is 0.249. The fourth-order valence-electron chi connectivity index (χ4n) is 4.39. The number of aromatic nitrogens is 3. The topological polar surface area (TPSA) is 89.6 Å². The van der Waals surface area contributed by atoms with Crippen molar-refractivity contribution in [2.24, 2.45) is 0 Å². The van der Waals surface area contributed by atoms with Crippen LogP contribution in [0.1, 0.15) is 5.56 Å². The van der Waals surface area contributed by atoms with E-state index in [0.29, 0.717) is 17.1 Å². The van der Waals surface area contributed by atoms with Crippen LogP contribution in [-0.2, 0) is 6.54 Å². The number of anilines is 2. The Hall–Kier alpha value is -3.91. The van der Waals surface area contributed by atoms with E-state index >= 15 is 0 Å². The standard InChI is InChI=1S/C26H28N6O2/c1-33-22-9-8-19(15-23(22)34-2)20-14-21-24(28-16-20)29-26(27)30-25(21)32-12-10-31(11-13-32)17-18-6-4-3-5-7-18/h3-9,14-16H,10-13,17H2,1-2H3,(H2,27,28,29,30). The van der Waals surface area contributed by atoms with Crippen LogP contribution in [0.4, 0.5) is 11.8 Å². The van der Waals surface area contributed by atoms with Gasteiger partial charge in [-0.1, -0.05) is 36.4 Å². The van der Waals surface area contributed by atoms with E-state index < -0.39 is 0 Å². The maximum Gasteiger partial charge on any atom is 0.224 e. The molecule has 8 heteroatoms. The lowest BCUT2D eigenvalue weighted by Gasteiger charge is -2.35. The van der Waals surface area contributed by atoms with Crippen LogP contribution in [0.25, 0.3) is 22.2 Å². The summed E-state index contributed by atoms with van der Waals surface area (Å²) in [7, 11) is 3.26. The van der Waals surface area contributed by atoms with Gasteiger partial charge in [-0.15, -0.1) is 0 Å². The number of benzene rings is 2. The summed E-state index contributed by atoms with van der Waals surface area (Å²) in [6.45, 7) is 4.57. The summed E-state index contributed by atoms with van der Waals surface area (Å²) in [6, 6.07) is 18.5. The number of nitrogens with zero attached hydrogens (tertiary/aromatic N) is 5. The molecule has 1 aliphatic heterocycles. The van der Waals surface area contributed by atoms with Crippen LogP contribution in [0, 0.1) is 0 Å². The number of hydrogen-bond acceptors (Lipinski definition) is 8. The highest BCUT2D eigenvalue weighted by molar-refractivity contribution is 5.91. The molecule has 5 rings (SSSR count). The van der Waals surface area contributed by atoms with Gasteiger partial charge in [0.2, 0.25) is 5.95 Å². The summed E-state index contributed by atoms with van der Waals surface area (Å²) in [5.74, 6) is 2.42. The van der Waals surface area contributed by atoms with Crippen molar-refractivity contribution in [3.8, 4) is 22.6 Å². The van der Waals surface area contributed by atoms with Gasteiger partial charge in [0.15, 0.2) is 17.1 Å². The van der Waals surface area contributed by atoms with Crippen molar-refractivity contribution in [3.63, 3.8) is 0 Å². The molecule has 0 radical (unpaired) electrons. The minimum Gasteiger partial charge on any atom is -0.493 e. The van der Waals surface area contributed by atoms with Gasteiger partial charge in [-0.05, 0) is 29.3 Å². The second-order valence-electron chi connectivity index (χ2n) is 8.32. The number of nitrogens with two attached hydrogens (primary N) is 1. The van der Waals surface area contributed by atoms with Crippen LogP contribution in [0.5, 0.6) is 11.5 Å². The molecular weight excluding hydrogens is 428 g/mol. The Bertz CT molecular complexity index is 1290. The van der Waals surface area contributed by atoms with Gasteiger partial charge in [-0.3, -0.25) is 4.90 Å². The predicted octanol–water partition coefficient (Wildman–Crippen LogP) is 3.61. The Morgan fingerprint density at radius 2 is 1.62 bits per heavy atom. The molecule has 0 saturated carbocycles. The zero-order valence-electron chi connectivity index (χ0n) is 19.4. The molecule has 0 spiro atoms. The van der Waals surface area contributed by atoms with Gasteiger partial charge in [0, 0.05) is 44.5 Å². The molecule has 174 valence electrons. The molecule has 1 saturated heterocycles. The van der Waals surface area contributed by atoms with Gasteiger partial charge in [0.05, 0.1) is 19.6 Å². The largest absolute Gasteiger partial charge is 0.493 e. The van der Waals surface area contributed by atoms with Crippen LogP contribution in [0.2, 0.25) is 0 Å². The molecule has 8 nitrogen and oxygen atoms in total. The first kappa shape index (κ1) is 21.9. The predicted molar refractivity (Wildman–Crippen MR) is 134 cm³/mol. The van der Waals surface area contributed by atoms with E-state index in [9.17, 15) is 0 Å². The van der Waals surface area contributed by atoms with Gasteiger partial charge in [0.25, 0.3) is 0 Å². The Kier molecular flexibility index (Phi) is 6.14. The van der Waals surface area contributed by atoms with Gasteiger partial charge in [-0.2, -0.15) is 9.97 Å². The highest BCUT2D eigenvalue weighted by Gasteiger charge is 2.21. The van der Waals surface area contributed by atoms with Crippen LogP contribution < -0.4 is 20.1 Å². The van der Waals surface area contributed by atoms with Crippen molar-refractivity contribution >= 4 is 22.8 Å². The van der Waals surface area contributed by atoms with Gasteiger partial charge in [-0.25, -0.2) is 4.98 Å². The Balaban J connectivity index is 1.42. The van der Waals surface area contributed by atoms with E-state index in [1.165, 1.54) is 5.56 Å². The summed E-state index contributed by atoms with van der Waals surface area (Å²) in [6.07, 6.45) is 1.80. The summed E-state index contributed by atoms with van der Waals surface area (Å²) in [5.41, 5.74) is 9.90. The molecule has 0 amide bonds. The molecule has 0 bridgehead atoms. The van der Waals surface area contributed by atoms with Crippen LogP contribution in [0.15, 0.2) is 60.8 Å². The van der Waals surface area contributed by atoms with Gasteiger partial charge < -0.3 is 20.1 Å². The summed E-state index contributed by atoms with van der Waals surface area (Å²) >= 11 is 0. The Morgan fingerprint density at radius 1 is 0.853 bits per heavy atom. The third-order valence-corrected chi connectivity index (χ3v) is 6.19. The number of fused-ring (bicyclic) bond motifs is 1. The maximum absolute atomic E-state index is 6.05. The van der Waals surface area contributed by atoms with Crippen molar-refractivity contribution in [1.82, 2.24) is 19.9 Å². The first-order chi connectivity index (χ1) is 16.6. The van der Waals surface area contributed by atoms with Crippen molar-refractivity contribution in [2.75, 3.05) is 51.0 Å². The molecule has 2 aromatic heterocycles. The molecule has 0 aliphatic carbocycles. The molecular formula is C26H28N6O2. The Morgan fingerprint density at radius 3 is 2.35 bits per heavy atom. The number of hydrogen-bond donors (Lipinski definition) is 1. The zero-order chi connectivity index (χ0) is 23.5. The van der Waals surface area contributed by atoms with Crippen molar-refractivity contribution < 1.29 is 9.47 Å². The van der Waals surface area contributed by atoms with Crippen LogP contribution in [-0.4, -0.2) is 60.3 Å². The molecule has 1 aliphatic rings. The first-order valence-electron chi connectivity index (χ1n) is 11.3. The van der Waals surface area contributed by atoms with Crippen molar-refractivity contribution in [2.45, 2.75) is 6.54 Å². The van der Waals surface area contributed by atoms with E-state index in [0.717, 1.165) is 55.1 Å². The quantitative estimate of drug-likeness (QED) is 0.471. The summed E-state index contributed by atoms with van der Waals surface area (Å²) < 4.78 is 10.8. The normalized spacial score (nSPS) is 14.4. The molecule has 2 N–H and O–H groups in total. The van der Waals surface area contributed by atoms with E-state index in [1.807, 2.05) is 18.2 Å². The molecule has 34 heavy (non-hydrogen) atoms. The van der Waals surface area contributed by atoms with Crippen LogP contribution in [0.3, 0.4) is 0 Å². The van der Waals surface area contributed by atoms with Gasteiger partial charge in [0.1, 0.15) is 5.82 Å². The summed E-state index contributed by atoms with van der Waals surface area (Å²) in [4.78, 5) is 18.3. The fourth-order valence-corrected chi connectivity index (χ4v) is 4.39. The molecule has 1 fully saturated rings. The third kappa shape index (κ3) is 4.45. The lowest BCUT2D eigenvalue weighted by atomic mass is 10.1. The number of methoxy groups -OCH3 is 2. The van der Waals surface area contributed by atoms with Crippen molar-refractivity contribution in [1.29, 1.82) is 0 Å². The molecule has 4 aromatic rings. The minimum atomic E-state index is 0.237. The maximum atomic E-state index is 6.05. The number of nitrogen functional groups attached to an aromatic ring is 1. The smallest absolute Gasteiger partial charge is 0.224 e. The molecule has 2 aromatic carbocycles. The summed E-state index contributed by atoms with van der Waals surface area (Å²) in [5, 5.41) is 0.887. The molecule has 0 atom stereocenters. The van der Waals surface area contributed by atoms with Crippen LogP contribution >= 0.6 is 0 Å². The second kappa shape index (κ2) is 9.52. The van der Waals surface area contributed by atoms with E-state index in [2.05, 4.69) is 61.1 Å². The molecule has 0 unspecified atom stereocenters. The number of piperazine rings is 1. The van der Waals surface area contributed by atoms with E-state index in [4.69, 9.17) is 15.2 Å². The zero-order valence-corrected chi connectivity index (χ0v) is 19.4. The fraction of sp³-hybridized carbons (Fsp3) is 0.269. The highest BCUT2D eigenvalue weighted by Crippen LogP contribution is 2.34. The minimum absolute atomic E-state index is 0.237. The van der Waals surface area contributed by atoms with Crippen molar-refractivity contribution in [3.05, 3.63) is 66.4 Å². The monoisotopic (exact) mass is 456 g/mol. The van der Waals surface area contributed by atoms with Gasteiger partial charge >= 0.3 is 0 Å². The first-order valence-corrected chi connectivity index (χ1v) is 11.3. The SMILES string of the molecule is COc1ccc(-c2cnc3nc(N)nc(N4CCN(Cc5ccccc5)CC4)c3c2)cc1OC. The molecule has 3 heterocycles. The highest BCUT2D eigenvalue weighted by atomic mass is 16.5. The number of ether oxygens (including phenoxy) is 2. The van der Waals surface area contributed by atoms with E-state index in [-0.39, 0.29) is 5.95 Å². The third-order valence-electron chi connectivity index (χ3n) is 6.19. The average Bonchev–Trinajstić information content (AvgIpc) is 2.88. The average molecular weight is 457 g/mol. The second-order valence-corrected chi connectivity index (χ2v) is 8.32. The lowest BCUT2D eigenvalue weighted by Crippen LogP contribution is -2.46. The Labute approximate surface area is 199 Å².